The van der Waals surface area contributed by atoms with Crippen LogP contribution in [0.1, 0.15) is 44.2 Å². The van der Waals surface area contributed by atoms with Crippen molar-refractivity contribution in [2.75, 3.05) is 45.5 Å². The van der Waals surface area contributed by atoms with Gasteiger partial charge in [0.05, 0.1) is 10.9 Å². The molecule has 9 nitrogen and oxygen atoms in total. The summed E-state index contributed by atoms with van der Waals surface area (Å²) in [5.74, 6) is 0. The van der Waals surface area contributed by atoms with Crippen LogP contribution in [0.2, 0.25) is 0 Å². The van der Waals surface area contributed by atoms with Crippen molar-refractivity contribution in [2.45, 2.75) is 68.3 Å². The zero-order chi connectivity index (χ0) is 30.0. The Kier molecular flexibility index (Phi) is 12.5. The quantitative estimate of drug-likeness (QED) is 0.229. The lowest BCUT2D eigenvalue weighted by Crippen LogP contribution is -2.58. The van der Waals surface area contributed by atoms with Gasteiger partial charge in [-0.25, -0.2) is 16.8 Å². The number of carbonyl (C=O) groups excluding carboxylic acids is 1. The molecule has 228 valence electrons. The van der Waals surface area contributed by atoms with E-state index in [4.69, 9.17) is 5.73 Å². The predicted octanol–water partition coefficient (Wildman–Crippen LogP) is 2.56. The molecule has 1 aliphatic rings. The highest BCUT2D eigenvalue weighted by molar-refractivity contribution is 7.90. The zero-order valence-electron chi connectivity index (χ0n) is 24.6. The number of carbonyl (C=O) groups is 1. The number of hydrogen-bond donors (Lipinski definition) is 1. The van der Waals surface area contributed by atoms with Gasteiger partial charge in [-0.2, -0.15) is 4.31 Å². The molecule has 0 aromatic heterocycles. The third-order valence-electron chi connectivity index (χ3n) is 8.01. The molecular formula is C30H46N4O5S2. The summed E-state index contributed by atoms with van der Waals surface area (Å²) in [4.78, 5) is 16.7. The molecule has 2 aromatic carbocycles. The lowest BCUT2D eigenvalue weighted by molar-refractivity contribution is -0.113. The van der Waals surface area contributed by atoms with Gasteiger partial charge in [0.2, 0.25) is 10.0 Å². The van der Waals surface area contributed by atoms with Gasteiger partial charge >= 0.3 is 0 Å². The fourth-order valence-electron chi connectivity index (χ4n) is 5.42. The van der Waals surface area contributed by atoms with Crippen LogP contribution in [-0.2, 0) is 37.5 Å². The summed E-state index contributed by atoms with van der Waals surface area (Å²) in [5, 5.41) is -0.999. The van der Waals surface area contributed by atoms with Crippen LogP contribution in [0, 0.1) is 0 Å². The van der Waals surface area contributed by atoms with Crippen LogP contribution in [0.5, 0.6) is 0 Å². The molecule has 2 N–H and O–H groups in total. The Labute approximate surface area is 246 Å². The minimum Gasteiger partial charge on any atom is -0.314 e. The molecule has 11 heteroatoms. The van der Waals surface area contributed by atoms with Gasteiger partial charge in [0.25, 0.3) is 0 Å². The van der Waals surface area contributed by atoms with Crippen molar-refractivity contribution in [3.63, 3.8) is 0 Å². The van der Waals surface area contributed by atoms with Gasteiger partial charge in [0, 0.05) is 31.9 Å². The SMILES string of the molecule is CCN(CCCCN1CCN(S(=O)(=O)C(N)CCc2ccccc2)CC1C=O)C(C)Cc1ccc(S(C)(=O)=O)cc1. The molecule has 3 rings (SSSR count). The van der Waals surface area contributed by atoms with Gasteiger partial charge in [-0.3, -0.25) is 4.90 Å². The van der Waals surface area contributed by atoms with E-state index >= 15 is 0 Å². The number of rotatable bonds is 16. The van der Waals surface area contributed by atoms with Crippen LogP contribution in [0.15, 0.2) is 59.5 Å². The van der Waals surface area contributed by atoms with Crippen molar-refractivity contribution < 1.29 is 21.6 Å². The number of hydrogen-bond acceptors (Lipinski definition) is 8. The number of likely N-dealkylation sites (N-methyl/N-ethyl adjacent to an activating group) is 1. The first-order chi connectivity index (χ1) is 19.5. The number of benzene rings is 2. The van der Waals surface area contributed by atoms with Crippen LogP contribution >= 0.6 is 0 Å². The highest BCUT2D eigenvalue weighted by Crippen LogP contribution is 2.19. The molecule has 0 radical (unpaired) electrons. The Morgan fingerprint density at radius 2 is 1.68 bits per heavy atom. The van der Waals surface area contributed by atoms with Crippen LogP contribution in [0.25, 0.3) is 0 Å². The molecule has 0 spiro atoms. The van der Waals surface area contributed by atoms with Gasteiger partial charge < -0.3 is 15.4 Å². The van der Waals surface area contributed by atoms with E-state index in [0.717, 1.165) is 56.3 Å². The van der Waals surface area contributed by atoms with Crippen LogP contribution in [0.4, 0.5) is 0 Å². The topological polar surface area (TPSA) is 121 Å². The average molecular weight is 607 g/mol. The van der Waals surface area contributed by atoms with Crippen molar-refractivity contribution in [2.24, 2.45) is 5.73 Å². The number of piperazine rings is 1. The summed E-state index contributed by atoms with van der Waals surface area (Å²) in [6.07, 6.45) is 5.67. The number of aryl methyl sites for hydroxylation is 1. The molecule has 1 fully saturated rings. The number of nitrogens with two attached hydrogens (primary N) is 1. The molecule has 1 saturated heterocycles. The maximum Gasteiger partial charge on any atom is 0.230 e. The van der Waals surface area contributed by atoms with Crippen molar-refractivity contribution >= 4 is 26.1 Å². The summed E-state index contributed by atoms with van der Waals surface area (Å²) in [6.45, 7) is 7.84. The Bertz CT molecular complexity index is 1300. The average Bonchev–Trinajstić information content (AvgIpc) is 2.96. The molecule has 3 unspecified atom stereocenters. The van der Waals surface area contributed by atoms with Crippen molar-refractivity contribution in [3.8, 4) is 0 Å². The summed E-state index contributed by atoms with van der Waals surface area (Å²) in [5.41, 5.74) is 8.28. The Hall–Kier alpha value is -2.15. The maximum atomic E-state index is 13.1. The lowest BCUT2D eigenvalue weighted by Gasteiger charge is -2.39. The Morgan fingerprint density at radius 1 is 1.00 bits per heavy atom. The molecule has 0 amide bonds. The van der Waals surface area contributed by atoms with E-state index in [-0.39, 0.29) is 6.54 Å². The third-order valence-corrected chi connectivity index (χ3v) is 11.2. The largest absolute Gasteiger partial charge is 0.314 e. The second-order valence-corrected chi connectivity index (χ2v) is 15.2. The minimum atomic E-state index is -3.69. The smallest absolute Gasteiger partial charge is 0.230 e. The van der Waals surface area contributed by atoms with E-state index in [9.17, 15) is 21.6 Å². The standard InChI is InChI=1S/C30H46N4O5S2/c1-4-32(25(2)22-27-12-15-29(16-13-27)40(3,36)37)18-8-9-19-33-20-21-34(23-28(33)24-35)41(38,39)30(31)17-14-26-10-6-5-7-11-26/h5-7,10-13,15-16,24-25,28,30H,4,8-9,14,17-23,31H2,1-3H3. The Balaban J connectivity index is 1.44. The first kappa shape index (κ1) is 33.4. The molecule has 1 aliphatic heterocycles. The first-order valence-corrected chi connectivity index (χ1v) is 17.9. The monoisotopic (exact) mass is 606 g/mol. The third kappa shape index (κ3) is 9.69. The van der Waals surface area contributed by atoms with Crippen LogP contribution in [0.3, 0.4) is 0 Å². The molecule has 0 bridgehead atoms. The van der Waals surface area contributed by atoms with Crippen LogP contribution in [-0.4, -0.2) is 100 Å². The summed E-state index contributed by atoms with van der Waals surface area (Å²) in [7, 11) is -6.89. The van der Waals surface area contributed by atoms with E-state index in [2.05, 4.69) is 23.6 Å². The molecule has 41 heavy (non-hydrogen) atoms. The second-order valence-electron chi connectivity index (χ2n) is 11.0. The number of nitrogens with zero attached hydrogens (tertiary/aromatic N) is 3. The summed E-state index contributed by atoms with van der Waals surface area (Å²) >= 11 is 0. The van der Waals surface area contributed by atoms with Crippen molar-refractivity contribution in [1.82, 2.24) is 14.1 Å². The van der Waals surface area contributed by atoms with Gasteiger partial charge in [-0.05, 0) is 81.9 Å². The normalized spacial score (nSPS) is 18.8. The van der Waals surface area contributed by atoms with Gasteiger partial charge in [-0.15, -0.1) is 0 Å². The maximum absolute atomic E-state index is 13.1. The number of aldehydes is 1. The number of sulfonamides is 1. The van der Waals surface area contributed by atoms with Gasteiger partial charge in [0.15, 0.2) is 9.84 Å². The van der Waals surface area contributed by atoms with Crippen LogP contribution < -0.4 is 5.73 Å². The number of unbranched alkanes of at least 4 members (excludes halogenated alkanes) is 1. The van der Waals surface area contributed by atoms with Gasteiger partial charge in [0.1, 0.15) is 11.7 Å². The highest BCUT2D eigenvalue weighted by Gasteiger charge is 2.36. The molecule has 1 heterocycles. The fourth-order valence-corrected chi connectivity index (χ4v) is 7.54. The van der Waals surface area contributed by atoms with Gasteiger partial charge in [-0.1, -0.05) is 49.4 Å². The molecule has 3 atom stereocenters. The van der Waals surface area contributed by atoms with E-state index < -0.39 is 31.3 Å². The predicted molar refractivity (Wildman–Crippen MR) is 164 cm³/mol. The summed E-state index contributed by atoms with van der Waals surface area (Å²) in [6, 6.07) is 16.6. The number of sulfone groups is 1. The minimum absolute atomic E-state index is 0.140. The van der Waals surface area contributed by atoms with E-state index in [1.807, 2.05) is 42.5 Å². The lowest BCUT2D eigenvalue weighted by atomic mass is 10.1. The van der Waals surface area contributed by atoms with E-state index in [0.29, 0.717) is 36.9 Å². The second kappa shape index (κ2) is 15.4. The molecule has 0 saturated carbocycles. The Morgan fingerprint density at radius 3 is 2.29 bits per heavy atom. The molecular weight excluding hydrogens is 560 g/mol. The van der Waals surface area contributed by atoms with E-state index in [1.54, 1.807) is 12.1 Å². The van der Waals surface area contributed by atoms with E-state index in [1.165, 1.54) is 10.6 Å². The molecule has 2 aromatic rings. The summed E-state index contributed by atoms with van der Waals surface area (Å²) < 4.78 is 51.1. The van der Waals surface area contributed by atoms with Crippen molar-refractivity contribution in [3.05, 3.63) is 65.7 Å². The highest BCUT2D eigenvalue weighted by atomic mass is 32.2. The fraction of sp³-hybridized carbons (Fsp3) is 0.567. The zero-order valence-corrected chi connectivity index (χ0v) is 26.2. The van der Waals surface area contributed by atoms with Crippen molar-refractivity contribution in [1.29, 1.82) is 0 Å². The first-order valence-electron chi connectivity index (χ1n) is 14.5. The molecule has 0 aliphatic carbocycles.